The predicted octanol–water partition coefficient (Wildman–Crippen LogP) is 2.68. The highest BCUT2D eigenvalue weighted by Crippen LogP contribution is 2.45. The van der Waals surface area contributed by atoms with Crippen LogP contribution in [0.1, 0.15) is 52.3 Å². The van der Waals surface area contributed by atoms with E-state index in [2.05, 4.69) is 5.32 Å². The van der Waals surface area contributed by atoms with Crippen LogP contribution in [0, 0.1) is 0 Å². The van der Waals surface area contributed by atoms with Gasteiger partial charge in [-0.05, 0) is 49.7 Å². The zero-order chi connectivity index (χ0) is 24.4. The molecule has 2 aliphatic heterocycles. The van der Waals surface area contributed by atoms with Crippen molar-refractivity contribution in [3.8, 4) is 11.5 Å². The molecule has 2 aliphatic rings. The number of anilines is 1. The van der Waals surface area contributed by atoms with E-state index in [9.17, 15) is 19.2 Å². The molecule has 34 heavy (non-hydrogen) atoms. The van der Waals surface area contributed by atoms with Crippen LogP contribution in [0.5, 0.6) is 11.5 Å². The first kappa shape index (κ1) is 23.1. The third-order valence-corrected chi connectivity index (χ3v) is 5.74. The van der Waals surface area contributed by atoms with Gasteiger partial charge in [0.1, 0.15) is 11.6 Å². The van der Waals surface area contributed by atoms with Crippen LogP contribution >= 0.6 is 0 Å². The number of carbonyl (C=O) groups is 4. The maximum absolute atomic E-state index is 13.1. The lowest BCUT2D eigenvalue weighted by Crippen LogP contribution is -2.43. The Kier molecular flexibility index (Phi) is 6.40. The topological polar surface area (TPSA) is 120 Å². The molecule has 0 bridgehead atoms. The fourth-order valence-electron chi connectivity index (χ4n) is 4.17. The van der Waals surface area contributed by atoms with Gasteiger partial charge in [0.2, 0.25) is 18.0 Å². The van der Waals surface area contributed by atoms with Gasteiger partial charge in [0.05, 0.1) is 26.4 Å². The van der Waals surface area contributed by atoms with Crippen LogP contribution in [-0.2, 0) is 19.1 Å². The molecule has 0 aliphatic carbocycles. The van der Waals surface area contributed by atoms with Gasteiger partial charge in [-0.25, -0.2) is 9.59 Å². The molecule has 10 heteroatoms. The molecule has 2 heterocycles. The fraction of sp³-hybridized carbons (Fsp3) is 0.333. The van der Waals surface area contributed by atoms with Gasteiger partial charge < -0.3 is 24.3 Å². The lowest BCUT2D eigenvalue weighted by molar-refractivity contribution is -0.144. The minimum absolute atomic E-state index is 0.135. The van der Waals surface area contributed by atoms with Gasteiger partial charge in [-0.1, -0.05) is 0 Å². The third-order valence-electron chi connectivity index (χ3n) is 5.74. The molecule has 178 valence electrons. The molecule has 1 N–H and O–H groups in total. The molecule has 10 nitrogen and oxygen atoms in total. The largest absolute Gasteiger partial charge is 0.493 e. The highest BCUT2D eigenvalue weighted by molar-refractivity contribution is 6.01. The van der Waals surface area contributed by atoms with Crippen LogP contribution in [-0.4, -0.2) is 55.5 Å². The number of benzene rings is 2. The summed E-state index contributed by atoms with van der Waals surface area (Å²) in [7, 11) is 2.86. The molecule has 0 saturated carbocycles. The maximum Gasteiger partial charge on any atom is 0.344 e. The molecule has 4 rings (SSSR count). The summed E-state index contributed by atoms with van der Waals surface area (Å²) in [5.41, 5.74) is 1.40. The average molecular weight is 468 g/mol. The summed E-state index contributed by atoms with van der Waals surface area (Å²) in [6.45, 7) is 1.98. The van der Waals surface area contributed by atoms with Gasteiger partial charge in [0.15, 0.2) is 11.5 Å². The molecule has 0 spiro atoms. The molecular formula is C24H24N2O8. The van der Waals surface area contributed by atoms with Crippen LogP contribution in [0.3, 0.4) is 0 Å². The Balaban J connectivity index is 1.56. The Morgan fingerprint density at radius 2 is 1.82 bits per heavy atom. The zero-order valence-corrected chi connectivity index (χ0v) is 19.0. The second-order valence-corrected chi connectivity index (χ2v) is 7.67. The molecule has 2 amide bonds. The minimum atomic E-state index is -1.06. The number of nitrogens with zero attached hydrogens (tertiary/aromatic N) is 1. The van der Waals surface area contributed by atoms with Crippen molar-refractivity contribution in [2.24, 2.45) is 0 Å². The van der Waals surface area contributed by atoms with E-state index < -0.39 is 30.1 Å². The summed E-state index contributed by atoms with van der Waals surface area (Å²) < 4.78 is 21.1. The molecule has 2 atom stereocenters. The van der Waals surface area contributed by atoms with Crippen molar-refractivity contribution in [3.05, 3.63) is 53.1 Å². The SMILES string of the molecule is CCOC(=O)c1ccc(NC(=O)[C@@H]2CCC(=O)N2[C@H]2OC(=O)c3c2ccc(OC)c3OC)cc1. The predicted molar refractivity (Wildman–Crippen MR) is 119 cm³/mol. The number of carbonyl (C=O) groups excluding carboxylic acids is 4. The van der Waals surface area contributed by atoms with Crippen molar-refractivity contribution >= 4 is 29.4 Å². The molecule has 2 aromatic carbocycles. The summed E-state index contributed by atoms with van der Waals surface area (Å²) in [5.74, 6) is -1.29. The summed E-state index contributed by atoms with van der Waals surface area (Å²) >= 11 is 0. The van der Waals surface area contributed by atoms with E-state index in [0.717, 1.165) is 0 Å². The van der Waals surface area contributed by atoms with E-state index >= 15 is 0 Å². The van der Waals surface area contributed by atoms with E-state index in [1.165, 1.54) is 19.1 Å². The number of fused-ring (bicyclic) bond motifs is 1. The van der Waals surface area contributed by atoms with Crippen LogP contribution < -0.4 is 14.8 Å². The van der Waals surface area contributed by atoms with Crippen LogP contribution in [0.15, 0.2) is 36.4 Å². The van der Waals surface area contributed by atoms with Gasteiger partial charge in [-0.2, -0.15) is 0 Å². The Labute approximate surface area is 195 Å². The number of hydrogen-bond acceptors (Lipinski definition) is 8. The molecule has 0 unspecified atom stereocenters. The molecule has 2 aromatic rings. The second kappa shape index (κ2) is 9.42. The van der Waals surface area contributed by atoms with Crippen molar-refractivity contribution in [3.63, 3.8) is 0 Å². The van der Waals surface area contributed by atoms with Gasteiger partial charge >= 0.3 is 11.9 Å². The number of rotatable bonds is 7. The summed E-state index contributed by atoms with van der Waals surface area (Å²) in [5, 5.41) is 2.76. The normalized spacial score (nSPS) is 18.9. The van der Waals surface area contributed by atoms with Crippen molar-refractivity contribution in [2.75, 3.05) is 26.1 Å². The fourth-order valence-corrected chi connectivity index (χ4v) is 4.17. The molecule has 1 saturated heterocycles. The Bertz CT molecular complexity index is 1140. The number of amides is 2. The average Bonchev–Trinajstić information content (AvgIpc) is 3.38. The first-order chi connectivity index (χ1) is 16.4. The first-order valence-electron chi connectivity index (χ1n) is 10.7. The van der Waals surface area contributed by atoms with Gasteiger partial charge in [-0.15, -0.1) is 0 Å². The van der Waals surface area contributed by atoms with E-state index in [1.807, 2.05) is 0 Å². The number of ether oxygens (including phenoxy) is 4. The zero-order valence-electron chi connectivity index (χ0n) is 19.0. The third kappa shape index (κ3) is 4.02. The Hall–Kier alpha value is -4.08. The number of cyclic esters (lactones) is 1. The van der Waals surface area contributed by atoms with Crippen molar-refractivity contribution < 1.29 is 38.1 Å². The highest BCUT2D eigenvalue weighted by atomic mass is 16.6. The first-order valence-corrected chi connectivity index (χ1v) is 10.7. The number of nitrogens with one attached hydrogen (secondary N) is 1. The monoisotopic (exact) mass is 468 g/mol. The second-order valence-electron chi connectivity index (χ2n) is 7.67. The molecule has 0 radical (unpaired) electrons. The minimum Gasteiger partial charge on any atom is -0.493 e. The van der Waals surface area contributed by atoms with E-state index in [-0.39, 0.29) is 36.7 Å². The van der Waals surface area contributed by atoms with E-state index in [4.69, 9.17) is 18.9 Å². The summed E-state index contributed by atoms with van der Waals surface area (Å²) in [4.78, 5) is 51.6. The Morgan fingerprint density at radius 1 is 1.09 bits per heavy atom. The number of esters is 2. The van der Waals surface area contributed by atoms with Crippen LogP contribution in [0.2, 0.25) is 0 Å². The summed E-state index contributed by atoms with van der Waals surface area (Å²) in [6, 6.07) is 8.63. The van der Waals surface area contributed by atoms with Crippen molar-refractivity contribution in [1.82, 2.24) is 4.90 Å². The highest BCUT2D eigenvalue weighted by Gasteiger charge is 2.47. The van der Waals surface area contributed by atoms with Gasteiger partial charge in [-0.3, -0.25) is 14.5 Å². The molecular weight excluding hydrogens is 444 g/mol. The number of likely N-dealkylation sites (tertiary alicyclic amines) is 1. The van der Waals surface area contributed by atoms with Gasteiger partial charge in [0, 0.05) is 17.7 Å². The lowest BCUT2D eigenvalue weighted by atomic mass is 10.0. The number of methoxy groups -OCH3 is 2. The van der Waals surface area contributed by atoms with Crippen molar-refractivity contribution in [1.29, 1.82) is 0 Å². The van der Waals surface area contributed by atoms with Gasteiger partial charge in [0.25, 0.3) is 0 Å². The molecule has 1 fully saturated rings. The maximum atomic E-state index is 13.1. The van der Waals surface area contributed by atoms with E-state index in [0.29, 0.717) is 22.6 Å². The number of hydrogen-bond donors (Lipinski definition) is 1. The standard InChI is InChI=1S/C24H24N2O8/c1-4-33-23(29)13-5-7-14(8-6-13)25-21(28)16-10-12-18(27)26(16)22-15-9-11-17(31-2)20(32-3)19(15)24(30)34-22/h5-9,11,16,22H,4,10,12H2,1-3H3,(H,25,28)/t16-,22-/m0/s1. The quantitative estimate of drug-likeness (QED) is 0.616. The van der Waals surface area contributed by atoms with Crippen LogP contribution in [0.25, 0.3) is 0 Å². The Morgan fingerprint density at radius 3 is 2.47 bits per heavy atom. The smallest absolute Gasteiger partial charge is 0.344 e. The lowest BCUT2D eigenvalue weighted by Gasteiger charge is -2.29. The van der Waals surface area contributed by atoms with E-state index in [1.54, 1.807) is 43.3 Å². The summed E-state index contributed by atoms with van der Waals surface area (Å²) in [6.07, 6.45) is -0.655. The van der Waals surface area contributed by atoms with Crippen molar-refractivity contribution in [2.45, 2.75) is 32.0 Å². The molecule has 0 aromatic heterocycles. The van der Waals surface area contributed by atoms with Crippen LogP contribution in [0.4, 0.5) is 5.69 Å².